The van der Waals surface area contributed by atoms with Gasteiger partial charge in [-0.1, -0.05) is 198 Å². The Bertz CT molecular complexity index is 6640. The van der Waals surface area contributed by atoms with Gasteiger partial charge in [-0.15, -0.1) is 0 Å². The number of anilines is 8. The monoisotopic (exact) mass is 1790 g/mol. The van der Waals surface area contributed by atoms with Gasteiger partial charge in [0, 0.05) is 172 Å². The van der Waals surface area contributed by atoms with Crippen LogP contribution in [0.5, 0.6) is 0 Å². The number of hydrogen-bond acceptors (Lipinski definition) is 17. The number of pyridine rings is 9. The van der Waals surface area contributed by atoms with Gasteiger partial charge in [0.1, 0.15) is 0 Å². The quantitative estimate of drug-likeness (QED) is 0.0442. The summed E-state index contributed by atoms with van der Waals surface area (Å²) in [6.45, 7) is 8.40. The standard InChI is InChI=1S/2C23H19N3.C22H18N4.2C18H16N2.C17H15N3/c1-16-2-4-20(22(14-16)17-6-10-25-11-7-17)21-5-3-19(24)15-23(21)18-8-12-26-13-9-18;1-16-6-8-20(22(12-16)17-4-2-10-25-14-17)21-9-7-19(24)13-23(21)18-5-3-11-26-15-18;23-15-7-9-17(19(13-15)21-5-1-3-11-25-21)18-10-8-16(24)14-20(18)22-6-2-4-12-26-22;1-13-2-4-14(5-3-13)17-7-6-16(19)12-18(17)15-8-10-20-11-9-15;1-13-4-6-14(7-5-13)17-9-8-16(19)11-18(17)15-3-2-10-20-12-15;18-13-6-4-12(5-7-13)15-9-8-14(19)11-16(15)17-3-1-2-10-20-17/h2*2-15H,24H2,1H3;1-14H,23-24H2;2*2-12H,19H2,1H3;1-11H,18-19H2. The molecule has 138 heavy (non-hydrogen) atoms. The highest BCUT2D eigenvalue weighted by Gasteiger charge is 2.20. The maximum absolute atomic E-state index is 6.09. The highest BCUT2D eigenvalue weighted by molar-refractivity contribution is 5.97. The molecule has 12 aromatic carbocycles. The van der Waals surface area contributed by atoms with Crippen molar-refractivity contribution in [2.24, 2.45) is 0 Å². The van der Waals surface area contributed by atoms with Crippen LogP contribution in [0.15, 0.2) is 457 Å². The van der Waals surface area contributed by atoms with Crippen LogP contribution in [-0.4, -0.2) is 44.9 Å². The van der Waals surface area contributed by atoms with Gasteiger partial charge in [0.2, 0.25) is 0 Å². The van der Waals surface area contributed by atoms with Crippen molar-refractivity contribution in [3.05, 3.63) is 479 Å². The van der Waals surface area contributed by atoms with E-state index in [1.807, 2.05) is 268 Å². The number of nitrogens with two attached hydrogens (primary N) is 8. The molecule has 0 amide bonds. The number of aromatic nitrogens is 9. The summed E-state index contributed by atoms with van der Waals surface area (Å²) in [4.78, 5) is 38.5. The SMILES string of the molecule is Cc1ccc(-c2ccc(N)cc2-c2cccnc2)c(-c2cccnc2)c1.Cc1ccc(-c2ccc(N)cc2-c2cccnc2)cc1.Cc1ccc(-c2ccc(N)cc2-c2ccncc2)c(-c2ccncc2)c1.Cc1ccc(-c2ccc(N)cc2-c2ccncc2)cc1.Nc1ccc(-c2ccc(N)cc2-c2ccccn2)c(-c2ccccn2)c1.Nc1ccc(-c2ccc(N)cc2-c2ccccn2)cc1. The Hall–Kier alpha value is -18.6. The van der Waals surface area contributed by atoms with Crippen LogP contribution in [0.3, 0.4) is 0 Å². The third kappa shape index (κ3) is 23.5. The van der Waals surface area contributed by atoms with Crippen LogP contribution in [0, 0.1) is 27.7 Å². The molecule has 21 aromatic rings. The van der Waals surface area contributed by atoms with Crippen molar-refractivity contribution >= 4 is 45.5 Å². The molecule has 16 N–H and O–H groups in total. The first kappa shape index (κ1) is 92.7. The molecular formula is C121H103N17. The van der Waals surface area contributed by atoms with Crippen LogP contribution in [0.1, 0.15) is 22.3 Å². The largest absolute Gasteiger partial charge is 0.399 e. The third-order valence-corrected chi connectivity index (χ3v) is 23.2. The molecule has 21 rings (SSSR count). The number of aryl methyl sites for hydroxylation is 4. The number of nitrogen functional groups attached to an aromatic ring is 8. The summed E-state index contributed by atoms with van der Waals surface area (Å²) in [6.07, 6.45) is 27.2. The van der Waals surface area contributed by atoms with Gasteiger partial charge in [-0.05, 0) is 333 Å². The van der Waals surface area contributed by atoms with Crippen molar-refractivity contribution in [2.75, 3.05) is 45.9 Å². The third-order valence-electron chi connectivity index (χ3n) is 23.2. The van der Waals surface area contributed by atoms with Gasteiger partial charge in [0.25, 0.3) is 0 Å². The Labute approximate surface area is 805 Å². The average Bonchev–Trinajstić information content (AvgIpc) is 0.764. The minimum Gasteiger partial charge on any atom is -0.399 e. The van der Waals surface area contributed by atoms with E-state index in [2.05, 4.69) is 200 Å². The van der Waals surface area contributed by atoms with E-state index >= 15 is 0 Å². The number of hydrogen-bond donors (Lipinski definition) is 8. The lowest BCUT2D eigenvalue weighted by Gasteiger charge is -2.16. The molecule has 0 unspecified atom stereocenters. The molecule has 0 fully saturated rings. The number of rotatable bonds is 15. The summed E-state index contributed by atoms with van der Waals surface area (Å²) in [5, 5.41) is 0. The van der Waals surface area contributed by atoms with Gasteiger partial charge in [0.05, 0.1) is 17.1 Å². The van der Waals surface area contributed by atoms with Crippen LogP contribution in [0.25, 0.3) is 167 Å². The second kappa shape index (κ2) is 44.5. The second-order valence-corrected chi connectivity index (χ2v) is 33.2. The normalized spacial score (nSPS) is 10.6. The molecule has 0 spiro atoms. The Kier molecular flexibility index (Phi) is 29.9. The Morgan fingerprint density at radius 3 is 0.652 bits per heavy atom. The van der Waals surface area contributed by atoms with Gasteiger partial charge in [-0.25, -0.2) is 0 Å². The fraction of sp³-hybridized carbons (Fsp3) is 0.0331. The van der Waals surface area contributed by atoms with E-state index in [1.54, 1.807) is 62.0 Å². The van der Waals surface area contributed by atoms with Crippen molar-refractivity contribution in [1.82, 2.24) is 44.9 Å². The van der Waals surface area contributed by atoms with E-state index in [0.717, 1.165) is 168 Å². The number of benzene rings is 12. The molecule has 0 radical (unpaired) electrons. The Morgan fingerprint density at radius 2 is 0.355 bits per heavy atom. The summed E-state index contributed by atoms with van der Waals surface area (Å²) in [7, 11) is 0. The van der Waals surface area contributed by atoms with Crippen LogP contribution >= 0.6 is 0 Å². The first-order valence-corrected chi connectivity index (χ1v) is 45.0. The minimum absolute atomic E-state index is 0.698. The fourth-order valence-corrected chi connectivity index (χ4v) is 16.3. The summed E-state index contributed by atoms with van der Waals surface area (Å²) < 4.78 is 0. The second-order valence-electron chi connectivity index (χ2n) is 33.2. The van der Waals surface area contributed by atoms with Crippen LogP contribution in [-0.2, 0) is 0 Å². The lowest BCUT2D eigenvalue weighted by Crippen LogP contribution is -1.95. The van der Waals surface area contributed by atoms with Crippen molar-refractivity contribution in [3.63, 3.8) is 0 Å². The maximum atomic E-state index is 6.09. The summed E-state index contributed by atoms with van der Waals surface area (Å²) in [6, 6.07) is 121. The fourth-order valence-electron chi connectivity index (χ4n) is 16.3. The van der Waals surface area contributed by atoms with Crippen LogP contribution in [0.4, 0.5) is 45.5 Å². The predicted molar refractivity (Wildman–Crippen MR) is 575 cm³/mol. The van der Waals surface area contributed by atoms with E-state index < -0.39 is 0 Å². The van der Waals surface area contributed by atoms with E-state index in [0.29, 0.717) is 11.4 Å². The van der Waals surface area contributed by atoms with Crippen molar-refractivity contribution < 1.29 is 0 Å². The van der Waals surface area contributed by atoms with Crippen LogP contribution in [0.2, 0.25) is 0 Å². The molecule has 0 saturated carbocycles. The molecule has 0 aliphatic carbocycles. The zero-order chi connectivity index (χ0) is 95.6. The summed E-state index contributed by atoms with van der Waals surface area (Å²) in [5.74, 6) is 0. The highest BCUT2D eigenvalue weighted by Crippen LogP contribution is 2.45. The first-order chi connectivity index (χ1) is 67.4. The Balaban J connectivity index is 0.000000120. The average molecular weight is 1800 g/mol. The molecule has 9 heterocycles. The zero-order valence-corrected chi connectivity index (χ0v) is 76.9. The summed E-state index contributed by atoms with van der Waals surface area (Å²) >= 11 is 0. The van der Waals surface area contributed by atoms with Gasteiger partial charge < -0.3 is 45.9 Å². The van der Waals surface area contributed by atoms with Gasteiger partial charge >= 0.3 is 0 Å². The molecule has 0 aliphatic rings. The minimum atomic E-state index is 0.698. The zero-order valence-electron chi connectivity index (χ0n) is 76.9. The van der Waals surface area contributed by atoms with Crippen molar-refractivity contribution in [2.45, 2.75) is 27.7 Å². The van der Waals surface area contributed by atoms with Gasteiger partial charge in [-0.2, -0.15) is 0 Å². The maximum Gasteiger partial charge on any atom is 0.0708 e. The molecule has 0 saturated heterocycles. The van der Waals surface area contributed by atoms with Crippen LogP contribution < -0.4 is 45.9 Å². The van der Waals surface area contributed by atoms with Crippen molar-refractivity contribution in [3.8, 4) is 167 Å². The molecule has 0 bridgehead atoms. The molecule has 17 heteroatoms. The van der Waals surface area contributed by atoms with E-state index in [-0.39, 0.29) is 0 Å². The van der Waals surface area contributed by atoms with E-state index in [4.69, 9.17) is 45.9 Å². The Morgan fingerprint density at radius 1 is 0.138 bits per heavy atom. The molecular weight excluding hydrogens is 1690 g/mol. The lowest BCUT2D eigenvalue weighted by atomic mass is 9.89. The van der Waals surface area contributed by atoms with Gasteiger partial charge in [0.15, 0.2) is 0 Å². The van der Waals surface area contributed by atoms with Gasteiger partial charge in [-0.3, -0.25) is 44.9 Å². The molecule has 9 aromatic heterocycles. The number of nitrogens with zero attached hydrogens (tertiary/aromatic N) is 9. The highest BCUT2D eigenvalue weighted by atomic mass is 14.7. The molecule has 672 valence electrons. The molecule has 0 atom stereocenters. The first-order valence-electron chi connectivity index (χ1n) is 45.0. The van der Waals surface area contributed by atoms with E-state index in [9.17, 15) is 0 Å². The topological polar surface area (TPSA) is 324 Å². The molecule has 17 nitrogen and oxygen atoms in total. The van der Waals surface area contributed by atoms with Crippen molar-refractivity contribution in [1.29, 1.82) is 0 Å². The van der Waals surface area contributed by atoms with E-state index in [1.165, 1.54) is 55.6 Å². The smallest absolute Gasteiger partial charge is 0.0708 e. The predicted octanol–water partition coefficient (Wildman–Crippen LogP) is 27.6. The summed E-state index contributed by atoms with van der Waals surface area (Å²) in [5.41, 5.74) is 91.3. The molecule has 0 aliphatic heterocycles. The lowest BCUT2D eigenvalue weighted by molar-refractivity contribution is 1.32.